The monoisotopic (exact) mass is 164 g/mol. The summed E-state index contributed by atoms with van der Waals surface area (Å²) in [6.45, 7) is 7.12. The molecule has 0 spiro atoms. The highest BCUT2D eigenvalue weighted by Crippen LogP contribution is 2.45. The van der Waals surface area contributed by atoms with E-state index in [-0.39, 0.29) is 0 Å². The van der Waals surface area contributed by atoms with Gasteiger partial charge in [-0.25, -0.2) is 0 Å². The summed E-state index contributed by atoms with van der Waals surface area (Å²) in [5, 5.41) is 0. The van der Waals surface area contributed by atoms with E-state index in [1.54, 1.807) is 5.57 Å². The van der Waals surface area contributed by atoms with Crippen LogP contribution in [-0.4, -0.2) is 0 Å². The molecule has 0 radical (unpaired) electrons. The van der Waals surface area contributed by atoms with Crippen molar-refractivity contribution in [2.24, 2.45) is 23.7 Å². The third-order valence-corrected chi connectivity index (χ3v) is 4.01. The van der Waals surface area contributed by atoms with Crippen molar-refractivity contribution >= 4 is 0 Å². The maximum atomic E-state index is 2.45. The van der Waals surface area contributed by atoms with Gasteiger partial charge in [-0.15, -0.1) is 0 Å². The molecule has 4 atom stereocenters. The molecular weight excluding hydrogens is 144 g/mol. The zero-order chi connectivity index (χ0) is 8.72. The van der Waals surface area contributed by atoms with Gasteiger partial charge in [0.15, 0.2) is 0 Å². The maximum absolute atomic E-state index is 2.45. The van der Waals surface area contributed by atoms with E-state index in [2.05, 4.69) is 26.8 Å². The summed E-state index contributed by atoms with van der Waals surface area (Å²) in [5.41, 5.74) is 1.65. The van der Waals surface area contributed by atoms with Crippen molar-refractivity contribution in [1.29, 1.82) is 0 Å². The second-order valence-corrected chi connectivity index (χ2v) is 4.96. The highest BCUT2D eigenvalue weighted by Gasteiger charge is 2.34. The zero-order valence-electron chi connectivity index (χ0n) is 8.51. The molecule has 0 nitrogen and oxygen atoms in total. The molecule has 0 aromatic rings. The van der Waals surface area contributed by atoms with Gasteiger partial charge in [-0.3, -0.25) is 0 Å². The van der Waals surface area contributed by atoms with Crippen LogP contribution in [0.25, 0.3) is 0 Å². The van der Waals surface area contributed by atoms with Crippen molar-refractivity contribution < 1.29 is 0 Å². The molecule has 2 aliphatic carbocycles. The lowest BCUT2D eigenvalue weighted by Gasteiger charge is -2.32. The second-order valence-electron chi connectivity index (χ2n) is 4.96. The van der Waals surface area contributed by atoms with E-state index in [4.69, 9.17) is 0 Å². The van der Waals surface area contributed by atoms with Gasteiger partial charge in [0.1, 0.15) is 0 Å². The van der Waals surface area contributed by atoms with E-state index in [0.717, 1.165) is 23.7 Å². The summed E-state index contributed by atoms with van der Waals surface area (Å²) in [5.74, 6) is 3.86. The Morgan fingerprint density at radius 2 is 1.83 bits per heavy atom. The standard InChI is InChI=1S/C12H20/c1-8-4-5-11(6-9(8)2)12-7-10(12)3/h7-9,11-12H,4-6H2,1-3H3. The summed E-state index contributed by atoms with van der Waals surface area (Å²) in [6.07, 6.45) is 6.86. The van der Waals surface area contributed by atoms with Gasteiger partial charge >= 0.3 is 0 Å². The quantitative estimate of drug-likeness (QED) is 0.519. The van der Waals surface area contributed by atoms with Gasteiger partial charge in [0.2, 0.25) is 0 Å². The molecule has 12 heavy (non-hydrogen) atoms. The molecule has 4 unspecified atom stereocenters. The minimum atomic E-state index is 0.917. The molecule has 0 saturated heterocycles. The van der Waals surface area contributed by atoms with E-state index in [1.165, 1.54) is 19.3 Å². The second kappa shape index (κ2) is 2.90. The Bertz CT molecular complexity index is 202. The topological polar surface area (TPSA) is 0 Å². The summed E-state index contributed by atoms with van der Waals surface area (Å²) >= 11 is 0. The van der Waals surface area contributed by atoms with Crippen LogP contribution in [0.15, 0.2) is 11.6 Å². The zero-order valence-corrected chi connectivity index (χ0v) is 8.51. The summed E-state index contributed by atoms with van der Waals surface area (Å²) < 4.78 is 0. The first-order valence-electron chi connectivity index (χ1n) is 5.37. The van der Waals surface area contributed by atoms with E-state index < -0.39 is 0 Å². The van der Waals surface area contributed by atoms with Crippen LogP contribution in [-0.2, 0) is 0 Å². The molecule has 0 heterocycles. The molecule has 2 rings (SSSR count). The normalized spacial score (nSPS) is 47.1. The summed E-state index contributed by atoms with van der Waals surface area (Å²) in [6, 6.07) is 0. The van der Waals surface area contributed by atoms with E-state index in [9.17, 15) is 0 Å². The summed E-state index contributed by atoms with van der Waals surface area (Å²) in [7, 11) is 0. The van der Waals surface area contributed by atoms with Gasteiger partial charge < -0.3 is 0 Å². The highest BCUT2D eigenvalue weighted by atomic mass is 14.4. The first-order valence-corrected chi connectivity index (χ1v) is 5.37. The van der Waals surface area contributed by atoms with E-state index in [1.807, 2.05) is 0 Å². The van der Waals surface area contributed by atoms with Crippen molar-refractivity contribution in [3.63, 3.8) is 0 Å². The van der Waals surface area contributed by atoms with Crippen LogP contribution in [0.2, 0.25) is 0 Å². The lowest BCUT2D eigenvalue weighted by molar-refractivity contribution is 0.196. The van der Waals surface area contributed by atoms with E-state index >= 15 is 0 Å². The molecule has 0 bridgehead atoms. The molecule has 1 saturated carbocycles. The molecule has 0 amide bonds. The fourth-order valence-electron chi connectivity index (χ4n) is 2.66. The lowest BCUT2D eigenvalue weighted by atomic mass is 9.73. The number of allylic oxidation sites excluding steroid dienone is 2. The van der Waals surface area contributed by atoms with Gasteiger partial charge in [0.25, 0.3) is 0 Å². The maximum Gasteiger partial charge on any atom is 0.000536 e. The van der Waals surface area contributed by atoms with Gasteiger partial charge in [0, 0.05) is 5.92 Å². The van der Waals surface area contributed by atoms with Crippen LogP contribution in [0, 0.1) is 23.7 Å². The Kier molecular flexibility index (Phi) is 2.02. The van der Waals surface area contributed by atoms with Crippen LogP contribution in [0.4, 0.5) is 0 Å². The Morgan fingerprint density at radius 1 is 1.17 bits per heavy atom. The van der Waals surface area contributed by atoms with Crippen LogP contribution in [0.5, 0.6) is 0 Å². The lowest BCUT2D eigenvalue weighted by Crippen LogP contribution is -2.22. The molecule has 0 N–H and O–H groups in total. The number of hydrogen-bond acceptors (Lipinski definition) is 0. The Labute approximate surface area is 76.1 Å². The fraction of sp³-hybridized carbons (Fsp3) is 0.833. The van der Waals surface area contributed by atoms with Crippen molar-refractivity contribution in [2.45, 2.75) is 40.0 Å². The molecule has 0 aromatic carbocycles. The minimum Gasteiger partial charge on any atom is -0.0775 e. The molecule has 0 aromatic heterocycles. The Hall–Kier alpha value is -0.260. The minimum absolute atomic E-state index is 0.917. The average molecular weight is 164 g/mol. The third kappa shape index (κ3) is 1.44. The molecule has 2 aliphatic rings. The van der Waals surface area contributed by atoms with Crippen LogP contribution in [0.3, 0.4) is 0 Å². The number of hydrogen-bond donors (Lipinski definition) is 0. The third-order valence-electron chi connectivity index (χ3n) is 4.01. The fourth-order valence-corrected chi connectivity index (χ4v) is 2.66. The highest BCUT2D eigenvalue weighted by molar-refractivity contribution is 5.28. The number of rotatable bonds is 1. The van der Waals surface area contributed by atoms with Crippen molar-refractivity contribution in [1.82, 2.24) is 0 Å². The largest absolute Gasteiger partial charge is 0.0775 e. The van der Waals surface area contributed by atoms with Crippen LogP contribution in [0.1, 0.15) is 40.0 Å². The smallest absolute Gasteiger partial charge is 0.000536 e. The van der Waals surface area contributed by atoms with Crippen molar-refractivity contribution in [3.8, 4) is 0 Å². The Balaban J connectivity index is 1.87. The van der Waals surface area contributed by atoms with E-state index in [0.29, 0.717) is 0 Å². The van der Waals surface area contributed by atoms with Gasteiger partial charge in [-0.2, -0.15) is 0 Å². The molecule has 68 valence electrons. The molecule has 1 fully saturated rings. The Morgan fingerprint density at radius 3 is 2.33 bits per heavy atom. The van der Waals surface area contributed by atoms with Gasteiger partial charge in [0.05, 0.1) is 0 Å². The van der Waals surface area contributed by atoms with Crippen LogP contribution >= 0.6 is 0 Å². The first kappa shape index (κ1) is 8.34. The predicted octanol–water partition coefficient (Wildman–Crippen LogP) is 3.63. The van der Waals surface area contributed by atoms with Gasteiger partial charge in [-0.1, -0.05) is 31.9 Å². The van der Waals surface area contributed by atoms with Gasteiger partial charge in [-0.05, 0) is 37.5 Å². The molecule has 0 aliphatic heterocycles. The SMILES string of the molecule is CC1=CC1C1CCC(C)C(C)C1. The van der Waals surface area contributed by atoms with Crippen LogP contribution < -0.4 is 0 Å². The predicted molar refractivity (Wildman–Crippen MR) is 52.9 cm³/mol. The van der Waals surface area contributed by atoms with Crippen molar-refractivity contribution in [3.05, 3.63) is 11.6 Å². The average Bonchev–Trinajstić information content (AvgIpc) is 2.73. The first-order chi connectivity index (χ1) is 5.68. The molecule has 0 heteroatoms. The van der Waals surface area contributed by atoms with Crippen molar-refractivity contribution in [2.75, 3.05) is 0 Å². The molecular formula is C12H20. The summed E-state index contributed by atoms with van der Waals surface area (Å²) in [4.78, 5) is 0.